The first-order valence-electron chi connectivity index (χ1n) is 12.9. The number of fused-ring (bicyclic) bond motifs is 6. The summed E-state index contributed by atoms with van der Waals surface area (Å²) in [5.74, 6) is 0. The van der Waals surface area contributed by atoms with E-state index in [4.69, 9.17) is 4.98 Å². The number of para-hydroxylation sites is 4. The summed E-state index contributed by atoms with van der Waals surface area (Å²) in [6.45, 7) is 0. The molecule has 38 heavy (non-hydrogen) atoms. The number of benzene rings is 5. The van der Waals surface area contributed by atoms with E-state index in [2.05, 4.69) is 137 Å². The van der Waals surface area contributed by atoms with Gasteiger partial charge in [0.25, 0.3) is 0 Å². The van der Waals surface area contributed by atoms with E-state index < -0.39 is 0 Å². The molecule has 0 spiro atoms. The number of hydrogen-bond acceptors (Lipinski definition) is 1. The lowest BCUT2D eigenvalue weighted by Crippen LogP contribution is -1.96. The van der Waals surface area contributed by atoms with Crippen molar-refractivity contribution in [1.29, 1.82) is 0 Å². The molecule has 0 aliphatic heterocycles. The van der Waals surface area contributed by atoms with Crippen LogP contribution in [0.5, 0.6) is 0 Å². The largest absolute Gasteiger partial charge is 0.309 e. The Morgan fingerprint density at radius 3 is 1.71 bits per heavy atom. The molecule has 0 radical (unpaired) electrons. The average molecular weight is 486 g/mol. The summed E-state index contributed by atoms with van der Waals surface area (Å²) in [4.78, 5) is 4.78. The lowest BCUT2D eigenvalue weighted by atomic mass is 9.99. The maximum absolute atomic E-state index is 4.78. The third-order valence-electron chi connectivity index (χ3n) is 7.59. The first-order chi connectivity index (χ1) is 18.9. The normalized spacial score (nSPS) is 11.7. The van der Waals surface area contributed by atoms with Crippen molar-refractivity contribution in [2.75, 3.05) is 0 Å². The Hall–Kier alpha value is -5.15. The molecule has 3 heterocycles. The summed E-state index contributed by atoms with van der Waals surface area (Å²) >= 11 is 0. The summed E-state index contributed by atoms with van der Waals surface area (Å²) in [5.41, 5.74) is 9.36. The second-order valence-corrected chi connectivity index (χ2v) is 9.66. The average Bonchev–Trinajstić information content (AvgIpc) is 3.51. The maximum atomic E-state index is 4.78. The molecule has 5 aromatic carbocycles. The van der Waals surface area contributed by atoms with Gasteiger partial charge in [0.2, 0.25) is 0 Å². The van der Waals surface area contributed by atoms with Crippen molar-refractivity contribution in [3.63, 3.8) is 0 Å². The number of pyridine rings is 1. The molecule has 0 aliphatic rings. The number of nitrogens with zero attached hydrogens (tertiary/aromatic N) is 3. The third-order valence-corrected chi connectivity index (χ3v) is 7.59. The van der Waals surface area contributed by atoms with E-state index in [0.717, 1.165) is 22.3 Å². The molecule has 0 saturated carbocycles. The third kappa shape index (κ3) is 2.93. The van der Waals surface area contributed by atoms with Gasteiger partial charge in [-0.3, -0.25) is 4.98 Å². The quantitative estimate of drug-likeness (QED) is 0.245. The van der Waals surface area contributed by atoms with Crippen molar-refractivity contribution in [3.05, 3.63) is 140 Å². The molecular formula is C35H23N3. The lowest BCUT2D eigenvalue weighted by molar-refractivity contribution is 1.17. The van der Waals surface area contributed by atoms with Gasteiger partial charge in [-0.2, -0.15) is 0 Å². The highest BCUT2D eigenvalue weighted by atomic mass is 15.0. The number of rotatable bonds is 3. The van der Waals surface area contributed by atoms with Crippen LogP contribution in [0.15, 0.2) is 140 Å². The van der Waals surface area contributed by atoms with E-state index in [-0.39, 0.29) is 0 Å². The fraction of sp³-hybridized carbons (Fsp3) is 0. The van der Waals surface area contributed by atoms with Crippen LogP contribution in [0.4, 0.5) is 0 Å². The molecule has 178 valence electrons. The Morgan fingerprint density at radius 2 is 0.974 bits per heavy atom. The van der Waals surface area contributed by atoms with Crippen LogP contribution < -0.4 is 0 Å². The lowest BCUT2D eigenvalue weighted by Gasteiger charge is -2.12. The van der Waals surface area contributed by atoms with Crippen molar-refractivity contribution in [3.8, 4) is 22.5 Å². The standard InChI is InChI=1S/C35H23N3/c1-3-12-24(13-4-1)37-32-20-10-8-17-28(32)34-27(18-11-21-33(34)37)30-23-36-22-29-26-16-7-9-19-31(26)38(35(29)30)25-14-5-2-6-15-25/h1-23H. The number of aromatic nitrogens is 3. The molecule has 8 aromatic rings. The van der Waals surface area contributed by atoms with Crippen LogP contribution in [0.2, 0.25) is 0 Å². The monoisotopic (exact) mass is 485 g/mol. The van der Waals surface area contributed by atoms with Gasteiger partial charge in [0.05, 0.1) is 22.1 Å². The van der Waals surface area contributed by atoms with Gasteiger partial charge in [-0.05, 0) is 48.0 Å². The van der Waals surface area contributed by atoms with Gasteiger partial charge in [-0.1, -0.05) is 84.9 Å². The molecule has 0 amide bonds. The van der Waals surface area contributed by atoms with Crippen LogP contribution in [-0.2, 0) is 0 Å². The van der Waals surface area contributed by atoms with Crippen LogP contribution >= 0.6 is 0 Å². The molecule has 0 N–H and O–H groups in total. The van der Waals surface area contributed by atoms with E-state index in [1.165, 1.54) is 43.8 Å². The zero-order valence-corrected chi connectivity index (χ0v) is 20.6. The first-order valence-corrected chi connectivity index (χ1v) is 12.9. The summed E-state index contributed by atoms with van der Waals surface area (Å²) in [6, 6.07) is 45.2. The molecule has 0 saturated heterocycles. The molecule has 3 heteroatoms. The van der Waals surface area contributed by atoms with Crippen molar-refractivity contribution in [2.45, 2.75) is 0 Å². The molecule has 3 nitrogen and oxygen atoms in total. The topological polar surface area (TPSA) is 22.8 Å². The van der Waals surface area contributed by atoms with E-state index in [1.807, 2.05) is 12.4 Å². The minimum absolute atomic E-state index is 1.13. The SMILES string of the molecule is c1ccc(-n2c3ccccc3c3c(-c4cncc5c6ccccc6n(-c6ccccc6)c45)cccc32)cc1. The van der Waals surface area contributed by atoms with Crippen LogP contribution in [0.3, 0.4) is 0 Å². The Morgan fingerprint density at radius 1 is 0.395 bits per heavy atom. The van der Waals surface area contributed by atoms with Gasteiger partial charge in [0, 0.05) is 50.9 Å². The molecular weight excluding hydrogens is 462 g/mol. The van der Waals surface area contributed by atoms with E-state index in [9.17, 15) is 0 Å². The van der Waals surface area contributed by atoms with E-state index in [0.29, 0.717) is 0 Å². The fourth-order valence-electron chi connectivity index (χ4n) is 6.05. The van der Waals surface area contributed by atoms with Crippen LogP contribution in [0.25, 0.3) is 66.1 Å². The van der Waals surface area contributed by atoms with Crippen molar-refractivity contribution < 1.29 is 0 Å². The highest BCUT2D eigenvalue weighted by Gasteiger charge is 2.20. The van der Waals surface area contributed by atoms with Crippen LogP contribution in [0, 0.1) is 0 Å². The van der Waals surface area contributed by atoms with Crippen molar-refractivity contribution in [1.82, 2.24) is 14.1 Å². The van der Waals surface area contributed by atoms with Gasteiger partial charge in [0.1, 0.15) is 0 Å². The summed E-state index contributed by atoms with van der Waals surface area (Å²) in [7, 11) is 0. The second-order valence-electron chi connectivity index (χ2n) is 9.66. The van der Waals surface area contributed by atoms with E-state index in [1.54, 1.807) is 0 Å². The Bertz CT molecular complexity index is 2120. The predicted octanol–water partition coefficient (Wildman–Crippen LogP) is 8.94. The Kier molecular flexibility index (Phi) is 4.52. The summed E-state index contributed by atoms with van der Waals surface area (Å²) in [5, 5.41) is 4.85. The minimum atomic E-state index is 1.13. The zero-order chi connectivity index (χ0) is 25.1. The second kappa shape index (κ2) is 8.19. The summed E-state index contributed by atoms with van der Waals surface area (Å²) in [6.07, 6.45) is 4.04. The molecule has 0 aliphatic carbocycles. The molecule has 0 unspecified atom stereocenters. The minimum Gasteiger partial charge on any atom is -0.309 e. The molecule has 0 fully saturated rings. The van der Waals surface area contributed by atoms with Gasteiger partial charge in [-0.15, -0.1) is 0 Å². The summed E-state index contributed by atoms with van der Waals surface area (Å²) < 4.78 is 4.76. The molecule has 0 atom stereocenters. The fourth-order valence-corrected chi connectivity index (χ4v) is 6.05. The molecule has 8 rings (SSSR count). The van der Waals surface area contributed by atoms with Gasteiger partial charge >= 0.3 is 0 Å². The first kappa shape index (κ1) is 21.0. The van der Waals surface area contributed by atoms with Crippen LogP contribution in [0.1, 0.15) is 0 Å². The van der Waals surface area contributed by atoms with Crippen molar-refractivity contribution >= 4 is 43.6 Å². The van der Waals surface area contributed by atoms with Crippen molar-refractivity contribution in [2.24, 2.45) is 0 Å². The molecule has 3 aromatic heterocycles. The highest BCUT2D eigenvalue weighted by Crippen LogP contribution is 2.42. The Labute approximate surface area is 219 Å². The molecule has 0 bridgehead atoms. The van der Waals surface area contributed by atoms with Gasteiger partial charge in [0.15, 0.2) is 0 Å². The zero-order valence-electron chi connectivity index (χ0n) is 20.6. The predicted molar refractivity (Wildman–Crippen MR) is 158 cm³/mol. The van der Waals surface area contributed by atoms with E-state index >= 15 is 0 Å². The smallest absolute Gasteiger partial charge is 0.0650 e. The van der Waals surface area contributed by atoms with Crippen LogP contribution in [-0.4, -0.2) is 14.1 Å². The van der Waals surface area contributed by atoms with Gasteiger partial charge < -0.3 is 9.13 Å². The van der Waals surface area contributed by atoms with Gasteiger partial charge in [-0.25, -0.2) is 0 Å². The Balaban J connectivity index is 1.55. The number of hydrogen-bond donors (Lipinski definition) is 0. The highest BCUT2D eigenvalue weighted by molar-refractivity contribution is 6.20. The maximum Gasteiger partial charge on any atom is 0.0650 e.